The van der Waals surface area contributed by atoms with Gasteiger partial charge in [0.05, 0.1) is 7.11 Å². The summed E-state index contributed by atoms with van der Waals surface area (Å²) in [5, 5.41) is 0. The van der Waals surface area contributed by atoms with Gasteiger partial charge in [-0.1, -0.05) is 0 Å². The normalized spacial score (nSPS) is 11.3. The monoisotopic (exact) mass is 215 g/mol. The maximum Gasteiger partial charge on any atom is 0.307 e. The average molecular weight is 215 g/mol. The summed E-state index contributed by atoms with van der Waals surface area (Å²) in [6, 6.07) is 1.34. The summed E-state index contributed by atoms with van der Waals surface area (Å²) in [7, 11) is 1.42. The first-order chi connectivity index (χ1) is 6.86. The van der Waals surface area contributed by atoms with Crippen molar-refractivity contribution in [1.82, 2.24) is 4.98 Å². The van der Waals surface area contributed by atoms with Gasteiger partial charge in [0.1, 0.15) is 0 Å². The second kappa shape index (κ2) is 3.92. The highest BCUT2D eigenvalue weighted by Crippen LogP contribution is 2.21. The van der Waals surface area contributed by atoms with E-state index in [0.29, 0.717) is 18.4 Å². The van der Waals surface area contributed by atoms with Crippen molar-refractivity contribution in [1.29, 1.82) is 0 Å². The summed E-state index contributed by atoms with van der Waals surface area (Å²) in [6.07, 6.45) is 1.09. The number of hydrogen-bond acceptors (Lipinski definition) is 3. The molecule has 0 aromatic carbocycles. The molecular weight excluding hydrogens is 204 g/mol. The van der Waals surface area contributed by atoms with Crippen LogP contribution < -0.4 is 4.74 Å². The number of rotatable bonds is 3. The molecule has 15 heavy (non-hydrogen) atoms. The van der Waals surface area contributed by atoms with Crippen molar-refractivity contribution in [2.75, 3.05) is 7.11 Å². The van der Waals surface area contributed by atoms with Crippen molar-refractivity contribution in [2.24, 2.45) is 0 Å². The number of nitrogens with zero attached hydrogens (tertiary/aromatic N) is 1. The van der Waals surface area contributed by atoms with Gasteiger partial charge in [0, 0.05) is 24.2 Å². The van der Waals surface area contributed by atoms with Crippen LogP contribution in [0.2, 0.25) is 0 Å². The Labute approximate surface area is 86.1 Å². The molecule has 0 aliphatic rings. The van der Waals surface area contributed by atoms with Gasteiger partial charge < -0.3 is 4.74 Å². The van der Waals surface area contributed by atoms with Gasteiger partial charge in [0.15, 0.2) is 0 Å². The molecule has 0 bridgehead atoms. The van der Waals surface area contributed by atoms with E-state index in [9.17, 15) is 13.6 Å². The number of hydrogen-bond donors (Lipinski definition) is 0. The third-order valence-electron chi connectivity index (χ3n) is 1.88. The van der Waals surface area contributed by atoms with Gasteiger partial charge in [-0.15, -0.1) is 0 Å². The second-order valence-corrected chi connectivity index (χ2v) is 3.27. The molecular formula is C10H11F2NO2. The number of Topliss-reactive ketones (excluding diaryl/α,β-unsaturated/α-hetero) is 1. The number of methoxy groups -OCH3 is 1. The van der Waals surface area contributed by atoms with E-state index in [4.69, 9.17) is 4.74 Å². The van der Waals surface area contributed by atoms with Gasteiger partial charge in [-0.05, 0) is 13.0 Å². The van der Waals surface area contributed by atoms with Crippen LogP contribution in [0.1, 0.15) is 22.8 Å². The van der Waals surface area contributed by atoms with Crippen molar-refractivity contribution in [2.45, 2.75) is 19.8 Å². The number of ether oxygens (including phenoxy) is 1. The van der Waals surface area contributed by atoms with Crippen LogP contribution in [0.4, 0.5) is 8.78 Å². The Morgan fingerprint density at radius 2 is 2.13 bits per heavy atom. The number of alkyl halides is 2. The lowest BCUT2D eigenvalue weighted by molar-refractivity contribution is 0.0221. The van der Waals surface area contributed by atoms with Gasteiger partial charge >= 0.3 is 5.92 Å². The molecule has 3 nitrogen and oxygen atoms in total. The van der Waals surface area contributed by atoms with E-state index in [1.54, 1.807) is 6.92 Å². The zero-order valence-electron chi connectivity index (χ0n) is 8.67. The standard InChI is InChI=1S/C10H11F2NO2/c1-6-4-7(5-13-9(6)15-3)8(14)10(2,11)12/h4-5H,1-3H3. The number of halogens is 2. The molecule has 0 atom stereocenters. The van der Waals surface area contributed by atoms with Gasteiger partial charge in [-0.25, -0.2) is 4.98 Å². The number of carbonyl (C=O) groups excluding carboxylic acids is 1. The fourth-order valence-corrected chi connectivity index (χ4v) is 1.15. The smallest absolute Gasteiger partial charge is 0.307 e. The molecule has 0 aliphatic heterocycles. The molecule has 5 heteroatoms. The fourth-order valence-electron chi connectivity index (χ4n) is 1.15. The third-order valence-corrected chi connectivity index (χ3v) is 1.88. The van der Waals surface area contributed by atoms with E-state index in [0.717, 1.165) is 6.20 Å². The summed E-state index contributed by atoms with van der Waals surface area (Å²) >= 11 is 0. The van der Waals surface area contributed by atoms with Gasteiger partial charge in [-0.2, -0.15) is 8.78 Å². The van der Waals surface area contributed by atoms with Crippen LogP contribution in [0.25, 0.3) is 0 Å². The Morgan fingerprint density at radius 3 is 2.53 bits per heavy atom. The maximum absolute atomic E-state index is 12.7. The molecule has 0 amide bonds. The van der Waals surface area contributed by atoms with Crippen molar-refractivity contribution >= 4 is 5.78 Å². The van der Waals surface area contributed by atoms with E-state index in [1.165, 1.54) is 13.2 Å². The predicted octanol–water partition coefficient (Wildman–Crippen LogP) is 2.24. The van der Waals surface area contributed by atoms with Gasteiger partial charge in [0.25, 0.3) is 0 Å². The molecule has 0 unspecified atom stereocenters. The number of aromatic nitrogens is 1. The topological polar surface area (TPSA) is 39.2 Å². The van der Waals surface area contributed by atoms with E-state index in [-0.39, 0.29) is 5.56 Å². The van der Waals surface area contributed by atoms with Crippen LogP contribution in [0.5, 0.6) is 5.88 Å². The van der Waals surface area contributed by atoms with E-state index >= 15 is 0 Å². The highest BCUT2D eigenvalue weighted by molar-refractivity contribution is 6.00. The molecule has 0 radical (unpaired) electrons. The van der Waals surface area contributed by atoms with Crippen LogP contribution in [-0.4, -0.2) is 23.8 Å². The lowest BCUT2D eigenvalue weighted by Gasteiger charge is -2.10. The number of pyridine rings is 1. The Hall–Kier alpha value is -1.52. The third kappa shape index (κ3) is 2.49. The summed E-state index contributed by atoms with van der Waals surface area (Å²) in [5.41, 5.74) is 0.438. The van der Waals surface area contributed by atoms with E-state index < -0.39 is 11.7 Å². The van der Waals surface area contributed by atoms with Crippen LogP contribution in [0.15, 0.2) is 12.3 Å². The zero-order chi connectivity index (χ0) is 11.6. The Kier molecular flexibility index (Phi) is 3.02. The first-order valence-corrected chi connectivity index (χ1v) is 4.29. The maximum atomic E-state index is 12.7. The molecule has 1 aromatic rings. The van der Waals surface area contributed by atoms with Crippen LogP contribution in [0, 0.1) is 6.92 Å². The molecule has 0 N–H and O–H groups in total. The lowest BCUT2D eigenvalue weighted by Crippen LogP contribution is -2.24. The summed E-state index contributed by atoms with van der Waals surface area (Å²) in [5.74, 6) is -4.28. The molecule has 0 aliphatic carbocycles. The van der Waals surface area contributed by atoms with Crippen LogP contribution in [-0.2, 0) is 0 Å². The van der Waals surface area contributed by atoms with Crippen molar-refractivity contribution in [3.63, 3.8) is 0 Å². The highest BCUT2D eigenvalue weighted by atomic mass is 19.3. The molecule has 0 saturated heterocycles. The number of carbonyl (C=O) groups is 1. The summed E-state index contributed by atoms with van der Waals surface area (Å²) < 4.78 is 30.3. The molecule has 0 saturated carbocycles. The van der Waals surface area contributed by atoms with Gasteiger partial charge in [0.2, 0.25) is 11.7 Å². The molecule has 0 fully saturated rings. The summed E-state index contributed by atoms with van der Waals surface area (Å²) in [4.78, 5) is 14.9. The number of aryl methyl sites for hydroxylation is 1. The molecule has 82 valence electrons. The first-order valence-electron chi connectivity index (χ1n) is 4.29. The minimum Gasteiger partial charge on any atom is -0.481 e. The first kappa shape index (κ1) is 11.6. The quantitative estimate of drug-likeness (QED) is 0.726. The van der Waals surface area contributed by atoms with Crippen LogP contribution in [0.3, 0.4) is 0 Å². The minimum absolute atomic E-state index is 0.110. The lowest BCUT2D eigenvalue weighted by atomic mass is 10.1. The van der Waals surface area contributed by atoms with Crippen LogP contribution >= 0.6 is 0 Å². The second-order valence-electron chi connectivity index (χ2n) is 3.27. The largest absolute Gasteiger partial charge is 0.481 e. The highest BCUT2D eigenvalue weighted by Gasteiger charge is 2.33. The van der Waals surface area contributed by atoms with Gasteiger partial charge in [-0.3, -0.25) is 4.79 Å². The Morgan fingerprint density at radius 1 is 1.53 bits per heavy atom. The average Bonchev–Trinajstić information content (AvgIpc) is 2.15. The number of ketones is 1. The Balaban J connectivity index is 3.08. The van der Waals surface area contributed by atoms with Crippen molar-refractivity contribution in [3.05, 3.63) is 23.4 Å². The molecule has 1 rings (SSSR count). The molecule has 1 heterocycles. The van der Waals surface area contributed by atoms with E-state index in [2.05, 4.69) is 4.98 Å². The van der Waals surface area contributed by atoms with E-state index in [1.807, 2.05) is 0 Å². The fraction of sp³-hybridized carbons (Fsp3) is 0.400. The van der Waals surface area contributed by atoms with Crippen molar-refractivity contribution in [3.8, 4) is 5.88 Å². The minimum atomic E-state index is -3.37. The van der Waals surface area contributed by atoms with Crippen molar-refractivity contribution < 1.29 is 18.3 Å². The predicted molar refractivity (Wildman–Crippen MR) is 50.5 cm³/mol. The SMILES string of the molecule is COc1ncc(C(=O)C(C)(F)F)cc1C. The summed E-state index contributed by atoms with van der Waals surface area (Å²) in [6.45, 7) is 2.20. The zero-order valence-corrected chi connectivity index (χ0v) is 8.67. The molecule has 1 aromatic heterocycles. The molecule has 0 spiro atoms. The Bertz CT molecular complexity index is 385.